The van der Waals surface area contributed by atoms with Gasteiger partial charge >= 0.3 is 0 Å². The van der Waals surface area contributed by atoms with Gasteiger partial charge in [0.15, 0.2) is 5.75 Å². The Labute approximate surface area is 118 Å². The number of hydrogen-bond acceptors (Lipinski definition) is 2. The highest BCUT2D eigenvalue weighted by Gasteiger charge is 2.12. The van der Waals surface area contributed by atoms with Crippen LogP contribution in [0.4, 0.5) is 0 Å². The fraction of sp³-hybridized carbons (Fsp3) is 0. The summed E-state index contributed by atoms with van der Waals surface area (Å²) < 4.78 is 0. The predicted molar refractivity (Wildman–Crippen MR) is 82.1 cm³/mol. The zero-order chi connectivity index (χ0) is 13.8. The molecule has 2 heteroatoms. The summed E-state index contributed by atoms with van der Waals surface area (Å²) in [6.45, 7) is 0. The fourth-order valence-corrected chi connectivity index (χ4v) is 2.35. The molecule has 3 rings (SSSR count). The maximum atomic E-state index is 5.53. The lowest BCUT2D eigenvalue weighted by Crippen LogP contribution is -2.04. The van der Waals surface area contributed by atoms with Crippen LogP contribution in [-0.2, 0) is 0 Å². The van der Waals surface area contributed by atoms with Gasteiger partial charge in [0, 0.05) is 11.1 Å². The molecule has 0 heterocycles. The number of nitrogens with two attached hydrogens (primary N) is 1. The Morgan fingerprint density at radius 3 is 1.40 bits per heavy atom. The molecule has 0 spiro atoms. The average molecular weight is 261 g/mol. The quantitative estimate of drug-likeness (QED) is 0.714. The predicted octanol–water partition coefficient (Wildman–Crippen LogP) is 4.27. The smallest absolute Gasteiger partial charge is 0.162 e. The fourth-order valence-electron chi connectivity index (χ4n) is 2.35. The zero-order valence-electron chi connectivity index (χ0n) is 11.0. The van der Waals surface area contributed by atoms with Crippen molar-refractivity contribution in [3.63, 3.8) is 0 Å². The van der Waals surface area contributed by atoms with E-state index in [0.717, 1.165) is 22.3 Å². The highest BCUT2D eigenvalue weighted by Crippen LogP contribution is 2.38. The SMILES string of the molecule is NOc1c(-c2ccccc2)cccc1-c1ccccc1. The van der Waals surface area contributed by atoms with Crippen LogP contribution in [0, 0.1) is 0 Å². The lowest BCUT2D eigenvalue weighted by atomic mass is 9.97. The molecule has 0 bridgehead atoms. The van der Waals surface area contributed by atoms with E-state index in [2.05, 4.69) is 0 Å². The van der Waals surface area contributed by atoms with Crippen molar-refractivity contribution < 1.29 is 4.84 Å². The first-order valence-corrected chi connectivity index (χ1v) is 6.51. The van der Waals surface area contributed by atoms with Crippen molar-refractivity contribution in [2.24, 2.45) is 5.90 Å². The second-order valence-electron chi connectivity index (χ2n) is 4.53. The Hall–Kier alpha value is -2.58. The van der Waals surface area contributed by atoms with Gasteiger partial charge in [-0.15, -0.1) is 0 Å². The summed E-state index contributed by atoms with van der Waals surface area (Å²) in [5.74, 6) is 6.23. The van der Waals surface area contributed by atoms with E-state index in [1.807, 2.05) is 78.9 Å². The third-order valence-corrected chi connectivity index (χ3v) is 3.30. The summed E-state index contributed by atoms with van der Waals surface area (Å²) in [7, 11) is 0. The molecule has 0 amide bonds. The van der Waals surface area contributed by atoms with Crippen molar-refractivity contribution in [2.75, 3.05) is 0 Å². The van der Waals surface area contributed by atoms with Gasteiger partial charge in [-0.05, 0) is 11.1 Å². The van der Waals surface area contributed by atoms with Crippen LogP contribution in [0.3, 0.4) is 0 Å². The van der Waals surface area contributed by atoms with E-state index < -0.39 is 0 Å². The molecule has 3 aromatic rings. The first-order valence-electron chi connectivity index (χ1n) is 6.51. The first-order chi connectivity index (χ1) is 9.90. The number of para-hydroxylation sites is 1. The molecule has 98 valence electrons. The summed E-state index contributed by atoms with van der Waals surface area (Å²) >= 11 is 0. The van der Waals surface area contributed by atoms with Crippen LogP contribution in [-0.4, -0.2) is 0 Å². The first kappa shape index (κ1) is 12.5. The minimum Gasteiger partial charge on any atom is -0.410 e. The Bertz CT molecular complexity index is 635. The van der Waals surface area contributed by atoms with Gasteiger partial charge in [-0.1, -0.05) is 78.9 Å². The molecule has 20 heavy (non-hydrogen) atoms. The van der Waals surface area contributed by atoms with Gasteiger partial charge < -0.3 is 4.84 Å². The lowest BCUT2D eigenvalue weighted by Gasteiger charge is -2.13. The third-order valence-electron chi connectivity index (χ3n) is 3.30. The summed E-state index contributed by atoms with van der Waals surface area (Å²) in [4.78, 5) is 5.19. The molecule has 2 N–H and O–H groups in total. The van der Waals surface area contributed by atoms with Crippen molar-refractivity contribution in [1.82, 2.24) is 0 Å². The topological polar surface area (TPSA) is 35.2 Å². The Morgan fingerprint density at radius 2 is 1.00 bits per heavy atom. The van der Waals surface area contributed by atoms with Crippen molar-refractivity contribution in [3.05, 3.63) is 78.9 Å². The van der Waals surface area contributed by atoms with Crippen LogP contribution in [0.25, 0.3) is 22.3 Å². The molecule has 2 nitrogen and oxygen atoms in total. The molecule has 0 aliphatic rings. The third kappa shape index (κ3) is 2.29. The van der Waals surface area contributed by atoms with Crippen LogP contribution in [0.15, 0.2) is 78.9 Å². The monoisotopic (exact) mass is 261 g/mol. The van der Waals surface area contributed by atoms with Crippen molar-refractivity contribution >= 4 is 0 Å². The summed E-state index contributed by atoms with van der Waals surface area (Å²) in [5, 5.41) is 0. The Morgan fingerprint density at radius 1 is 0.550 bits per heavy atom. The minimum atomic E-state index is 0.699. The maximum absolute atomic E-state index is 5.53. The molecule has 0 saturated heterocycles. The van der Waals surface area contributed by atoms with Crippen LogP contribution in [0.1, 0.15) is 0 Å². The maximum Gasteiger partial charge on any atom is 0.162 e. The second kappa shape index (κ2) is 5.59. The molecular weight excluding hydrogens is 246 g/mol. The van der Waals surface area contributed by atoms with Crippen molar-refractivity contribution in [2.45, 2.75) is 0 Å². The van der Waals surface area contributed by atoms with Crippen LogP contribution < -0.4 is 10.7 Å². The van der Waals surface area contributed by atoms with Gasteiger partial charge in [0.05, 0.1) is 0 Å². The van der Waals surface area contributed by atoms with E-state index in [4.69, 9.17) is 10.7 Å². The normalized spacial score (nSPS) is 10.2. The average Bonchev–Trinajstić information content (AvgIpc) is 2.55. The van der Waals surface area contributed by atoms with E-state index in [0.29, 0.717) is 5.75 Å². The van der Waals surface area contributed by atoms with Gasteiger partial charge in [0.1, 0.15) is 0 Å². The standard InChI is InChI=1S/C18H15NO/c19-20-18-16(14-8-3-1-4-9-14)12-7-13-17(18)15-10-5-2-6-11-15/h1-13H,19H2. The van der Waals surface area contributed by atoms with E-state index in [9.17, 15) is 0 Å². The summed E-state index contributed by atoms with van der Waals surface area (Å²) in [6, 6.07) is 26.3. The number of rotatable bonds is 3. The van der Waals surface area contributed by atoms with Crippen LogP contribution >= 0.6 is 0 Å². The molecule has 0 aliphatic heterocycles. The van der Waals surface area contributed by atoms with Crippen molar-refractivity contribution in [3.8, 4) is 28.0 Å². The largest absolute Gasteiger partial charge is 0.410 e. The molecular formula is C18H15NO. The highest BCUT2D eigenvalue weighted by atomic mass is 16.6. The van der Waals surface area contributed by atoms with E-state index >= 15 is 0 Å². The van der Waals surface area contributed by atoms with E-state index in [1.54, 1.807) is 0 Å². The molecule has 0 saturated carbocycles. The van der Waals surface area contributed by atoms with Gasteiger partial charge in [-0.3, -0.25) is 0 Å². The lowest BCUT2D eigenvalue weighted by molar-refractivity contribution is 0.337. The highest BCUT2D eigenvalue weighted by molar-refractivity contribution is 5.82. The van der Waals surface area contributed by atoms with Gasteiger partial charge in [0.2, 0.25) is 0 Å². The van der Waals surface area contributed by atoms with Crippen LogP contribution in [0.5, 0.6) is 5.75 Å². The zero-order valence-corrected chi connectivity index (χ0v) is 11.0. The molecule has 0 radical (unpaired) electrons. The molecule has 0 aromatic heterocycles. The molecule has 0 fully saturated rings. The van der Waals surface area contributed by atoms with E-state index in [1.165, 1.54) is 0 Å². The molecule has 0 aliphatic carbocycles. The molecule has 0 unspecified atom stereocenters. The Kier molecular flexibility index (Phi) is 3.48. The minimum absolute atomic E-state index is 0.699. The molecule has 3 aromatic carbocycles. The molecule has 0 atom stereocenters. The van der Waals surface area contributed by atoms with Crippen LogP contribution in [0.2, 0.25) is 0 Å². The second-order valence-corrected chi connectivity index (χ2v) is 4.53. The van der Waals surface area contributed by atoms with Gasteiger partial charge in [-0.25, -0.2) is 0 Å². The van der Waals surface area contributed by atoms with Gasteiger partial charge in [0.25, 0.3) is 0 Å². The van der Waals surface area contributed by atoms with Gasteiger partial charge in [-0.2, -0.15) is 5.90 Å². The Balaban J connectivity index is 2.19. The summed E-state index contributed by atoms with van der Waals surface area (Å²) in [6.07, 6.45) is 0. The summed E-state index contributed by atoms with van der Waals surface area (Å²) in [5.41, 5.74) is 4.17. The number of benzene rings is 3. The van der Waals surface area contributed by atoms with Crippen molar-refractivity contribution in [1.29, 1.82) is 0 Å². The van der Waals surface area contributed by atoms with E-state index in [-0.39, 0.29) is 0 Å². The number of hydrogen-bond donors (Lipinski definition) is 1.